The summed E-state index contributed by atoms with van der Waals surface area (Å²) in [6, 6.07) is 0. The Morgan fingerprint density at radius 3 is 2.29 bits per heavy atom. The molecule has 1 N–H and O–H groups in total. The molecule has 0 radical (unpaired) electrons. The lowest BCUT2D eigenvalue weighted by molar-refractivity contribution is 0.0914. The smallest absolute Gasteiger partial charge is 0.409 e. The molecule has 3 aliphatic rings. The van der Waals surface area contributed by atoms with E-state index in [0.717, 1.165) is 38.1 Å². The van der Waals surface area contributed by atoms with Gasteiger partial charge in [0.2, 0.25) is 0 Å². The summed E-state index contributed by atoms with van der Waals surface area (Å²) in [6.45, 7) is 9.30. The molecule has 6 nitrogen and oxygen atoms in total. The second kappa shape index (κ2) is 8.58. The Morgan fingerprint density at radius 2 is 1.79 bits per heavy atom. The molecule has 0 aromatic heterocycles. The highest BCUT2D eigenvalue weighted by molar-refractivity contribution is 14.0. The van der Waals surface area contributed by atoms with E-state index in [9.17, 15) is 4.79 Å². The first-order valence-corrected chi connectivity index (χ1v) is 9.13. The molecule has 1 amide bonds. The number of aliphatic imine (C=N–C) groups is 1. The highest BCUT2D eigenvalue weighted by Gasteiger charge is 2.53. The van der Waals surface area contributed by atoms with Crippen LogP contribution < -0.4 is 5.32 Å². The number of carbonyl (C=O) groups excluding carboxylic acids is 1. The number of halogens is 1. The lowest BCUT2D eigenvalue weighted by Crippen LogP contribution is -2.54. The summed E-state index contributed by atoms with van der Waals surface area (Å²) in [5.41, 5.74) is 0.535. The molecule has 0 aromatic carbocycles. The van der Waals surface area contributed by atoms with E-state index in [-0.39, 0.29) is 30.1 Å². The Morgan fingerprint density at radius 1 is 1.17 bits per heavy atom. The zero-order chi connectivity index (χ0) is 16.3. The first-order chi connectivity index (χ1) is 11.2. The molecule has 0 aromatic rings. The van der Waals surface area contributed by atoms with Crippen molar-refractivity contribution >= 4 is 36.0 Å². The third-order valence-electron chi connectivity index (χ3n) is 5.32. The van der Waals surface area contributed by atoms with Gasteiger partial charge in [0.1, 0.15) is 0 Å². The lowest BCUT2D eigenvalue weighted by atomic mass is 10.0. The van der Waals surface area contributed by atoms with Gasteiger partial charge in [0.15, 0.2) is 5.96 Å². The number of nitrogens with zero attached hydrogens (tertiary/aromatic N) is 3. The van der Waals surface area contributed by atoms with Crippen molar-refractivity contribution in [1.29, 1.82) is 0 Å². The van der Waals surface area contributed by atoms with Crippen LogP contribution in [0.5, 0.6) is 0 Å². The zero-order valence-electron chi connectivity index (χ0n) is 14.9. The average Bonchev–Trinajstić information content (AvgIpc) is 3.45. The minimum atomic E-state index is -0.195. The SMILES string of the molecule is CCNC(=NCC1(C2CC2)CC1)N1CCN(C(=O)OCC)CC1.I. The van der Waals surface area contributed by atoms with Crippen LogP contribution in [0.4, 0.5) is 4.79 Å². The Bertz CT molecular complexity index is 456. The standard InChI is InChI=1S/C17H30N4O2.HI/c1-3-18-15(19-13-17(7-8-17)14-5-6-14)20-9-11-21(12-10-20)16(22)23-4-2;/h14H,3-13H2,1-2H3,(H,18,19);1H. The quantitative estimate of drug-likeness (QED) is 0.398. The fourth-order valence-corrected chi connectivity index (χ4v) is 3.53. The average molecular weight is 450 g/mol. The largest absolute Gasteiger partial charge is 0.450 e. The maximum absolute atomic E-state index is 11.8. The minimum absolute atomic E-state index is 0. The van der Waals surface area contributed by atoms with Gasteiger partial charge in [-0.15, -0.1) is 24.0 Å². The molecule has 7 heteroatoms. The number of carbonyl (C=O) groups is 1. The molecule has 0 atom stereocenters. The zero-order valence-corrected chi connectivity index (χ0v) is 17.3. The first kappa shape index (κ1) is 19.6. The van der Waals surface area contributed by atoms with E-state index in [1.807, 2.05) is 6.92 Å². The number of rotatable bonds is 5. The van der Waals surface area contributed by atoms with Crippen LogP contribution in [0.2, 0.25) is 0 Å². The summed E-state index contributed by atoms with van der Waals surface area (Å²) < 4.78 is 5.08. The van der Waals surface area contributed by atoms with E-state index in [4.69, 9.17) is 9.73 Å². The van der Waals surface area contributed by atoms with Gasteiger partial charge in [0.05, 0.1) is 6.61 Å². The fraction of sp³-hybridized carbons (Fsp3) is 0.882. The molecule has 138 valence electrons. The van der Waals surface area contributed by atoms with Crippen LogP contribution in [0.1, 0.15) is 39.5 Å². The van der Waals surface area contributed by atoms with Crippen LogP contribution in [-0.4, -0.2) is 67.7 Å². The summed E-state index contributed by atoms with van der Waals surface area (Å²) in [7, 11) is 0. The Kier molecular flexibility index (Phi) is 7.00. The third kappa shape index (κ3) is 4.67. The van der Waals surface area contributed by atoms with Gasteiger partial charge in [-0.1, -0.05) is 0 Å². The minimum Gasteiger partial charge on any atom is -0.450 e. The predicted molar refractivity (Wildman–Crippen MR) is 106 cm³/mol. The molecule has 24 heavy (non-hydrogen) atoms. The van der Waals surface area contributed by atoms with Gasteiger partial charge < -0.3 is 19.9 Å². The second-order valence-electron chi connectivity index (χ2n) is 6.98. The van der Waals surface area contributed by atoms with Gasteiger partial charge in [-0.2, -0.15) is 0 Å². The Hall–Kier alpha value is -0.730. The van der Waals surface area contributed by atoms with Gasteiger partial charge in [0, 0.05) is 39.3 Å². The third-order valence-corrected chi connectivity index (χ3v) is 5.32. The molecule has 2 saturated carbocycles. The Labute approximate surface area is 162 Å². The second-order valence-corrected chi connectivity index (χ2v) is 6.98. The molecule has 0 bridgehead atoms. The van der Waals surface area contributed by atoms with Crippen molar-refractivity contribution in [2.24, 2.45) is 16.3 Å². The van der Waals surface area contributed by atoms with Crippen LogP contribution in [0.25, 0.3) is 0 Å². The van der Waals surface area contributed by atoms with E-state index in [2.05, 4.69) is 17.1 Å². The summed E-state index contributed by atoms with van der Waals surface area (Å²) in [5.74, 6) is 1.96. The van der Waals surface area contributed by atoms with Gasteiger partial charge in [-0.25, -0.2) is 4.79 Å². The highest BCUT2D eigenvalue weighted by atomic mass is 127. The first-order valence-electron chi connectivity index (χ1n) is 9.13. The van der Waals surface area contributed by atoms with E-state index < -0.39 is 0 Å². The van der Waals surface area contributed by atoms with Crippen molar-refractivity contribution in [3.63, 3.8) is 0 Å². The monoisotopic (exact) mass is 450 g/mol. The highest BCUT2D eigenvalue weighted by Crippen LogP contribution is 2.61. The van der Waals surface area contributed by atoms with Crippen LogP contribution in [0.3, 0.4) is 0 Å². The summed E-state index contributed by atoms with van der Waals surface area (Å²) in [4.78, 5) is 20.8. The predicted octanol–water partition coefficient (Wildman–Crippen LogP) is 2.53. The Balaban J connectivity index is 0.00000208. The van der Waals surface area contributed by atoms with Gasteiger partial charge >= 0.3 is 6.09 Å². The van der Waals surface area contributed by atoms with Crippen molar-refractivity contribution in [3.05, 3.63) is 0 Å². The van der Waals surface area contributed by atoms with Crippen molar-refractivity contribution in [1.82, 2.24) is 15.1 Å². The van der Waals surface area contributed by atoms with Crippen molar-refractivity contribution in [2.75, 3.05) is 45.9 Å². The van der Waals surface area contributed by atoms with Crippen molar-refractivity contribution < 1.29 is 9.53 Å². The number of nitrogens with one attached hydrogen (secondary N) is 1. The van der Waals surface area contributed by atoms with Crippen LogP contribution in [-0.2, 0) is 4.74 Å². The van der Waals surface area contributed by atoms with Crippen LogP contribution in [0, 0.1) is 11.3 Å². The van der Waals surface area contributed by atoms with E-state index >= 15 is 0 Å². The molecule has 3 fully saturated rings. The number of hydrogen-bond donors (Lipinski definition) is 1. The van der Waals surface area contributed by atoms with Gasteiger partial charge in [0.25, 0.3) is 0 Å². The van der Waals surface area contributed by atoms with Crippen LogP contribution >= 0.6 is 24.0 Å². The number of amides is 1. The molecular weight excluding hydrogens is 419 g/mol. The topological polar surface area (TPSA) is 57.2 Å². The van der Waals surface area contributed by atoms with Gasteiger partial charge in [-0.3, -0.25) is 4.99 Å². The summed E-state index contributed by atoms with van der Waals surface area (Å²) in [5, 5.41) is 3.42. The summed E-state index contributed by atoms with van der Waals surface area (Å²) >= 11 is 0. The maximum atomic E-state index is 11.8. The number of ether oxygens (including phenoxy) is 1. The lowest BCUT2D eigenvalue weighted by Gasteiger charge is -2.36. The molecule has 1 heterocycles. The van der Waals surface area contributed by atoms with Gasteiger partial charge in [-0.05, 0) is 50.9 Å². The van der Waals surface area contributed by atoms with E-state index in [1.54, 1.807) is 4.90 Å². The molecule has 3 rings (SSSR count). The molecule has 1 saturated heterocycles. The van der Waals surface area contributed by atoms with Crippen molar-refractivity contribution in [2.45, 2.75) is 39.5 Å². The molecular formula is C17H31IN4O2. The number of guanidine groups is 1. The van der Waals surface area contributed by atoms with Crippen molar-refractivity contribution in [3.8, 4) is 0 Å². The number of hydrogen-bond acceptors (Lipinski definition) is 3. The van der Waals surface area contributed by atoms with E-state index in [1.165, 1.54) is 25.7 Å². The molecule has 0 spiro atoms. The fourth-order valence-electron chi connectivity index (χ4n) is 3.53. The summed E-state index contributed by atoms with van der Waals surface area (Å²) in [6.07, 6.45) is 5.34. The molecule has 2 aliphatic carbocycles. The molecule has 0 unspecified atom stereocenters. The normalized spacial score (nSPS) is 22.7. The molecule has 1 aliphatic heterocycles. The maximum Gasteiger partial charge on any atom is 0.409 e. The number of piperazine rings is 1. The van der Waals surface area contributed by atoms with Crippen LogP contribution in [0.15, 0.2) is 4.99 Å². The van der Waals surface area contributed by atoms with E-state index in [0.29, 0.717) is 25.1 Å².